The third-order valence-corrected chi connectivity index (χ3v) is 6.06. The van der Waals surface area contributed by atoms with Crippen LogP contribution in [0.25, 0.3) is 0 Å². The molecule has 0 aromatic rings. The second kappa shape index (κ2) is 8.19. The van der Waals surface area contributed by atoms with Crippen LogP contribution >= 0.6 is 0 Å². The largest absolute Gasteiger partial charge is 0.455 e. The third-order valence-electron chi connectivity index (χ3n) is 6.06. The van der Waals surface area contributed by atoms with Crippen molar-refractivity contribution in [2.24, 2.45) is 11.8 Å². The molecule has 1 N–H and O–H groups in total. The first-order valence-electron chi connectivity index (χ1n) is 9.80. The Morgan fingerprint density at radius 2 is 1.80 bits per heavy atom. The maximum atomic E-state index is 12.2. The molecule has 140 valence electrons. The molecule has 3 fully saturated rings. The topological polar surface area (TPSA) is 75.7 Å². The number of likely N-dealkylation sites (tertiary alicyclic amines) is 1. The number of hydrogen-bond acceptors (Lipinski definition) is 4. The van der Waals surface area contributed by atoms with E-state index in [1.165, 1.54) is 6.42 Å². The highest BCUT2D eigenvalue weighted by Gasteiger charge is 2.39. The number of ether oxygens (including phenoxy) is 1. The minimum absolute atomic E-state index is 0.0503. The highest BCUT2D eigenvalue weighted by molar-refractivity contribution is 5.88. The second-order valence-electron chi connectivity index (χ2n) is 7.93. The average molecular weight is 350 g/mol. The van der Waals surface area contributed by atoms with Gasteiger partial charge in [0.05, 0.1) is 5.92 Å². The summed E-state index contributed by atoms with van der Waals surface area (Å²) in [6.45, 7) is 2.36. The Morgan fingerprint density at radius 1 is 1.12 bits per heavy atom. The molecule has 1 saturated heterocycles. The van der Waals surface area contributed by atoms with Gasteiger partial charge in [-0.2, -0.15) is 0 Å². The standard InChI is InChI=1S/C19H30N2O4/c1-13-6-2-5-9-16(13)20-17(22)12-25-19(24)14-10-18(23)21(11-14)15-7-3-4-8-15/h13-16H,2-12H2,1H3,(H,20,22)/t13-,14-,16+/m1/s1. The quantitative estimate of drug-likeness (QED) is 0.770. The van der Waals surface area contributed by atoms with Gasteiger partial charge in [0.1, 0.15) is 0 Å². The highest BCUT2D eigenvalue weighted by Crippen LogP contribution is 2.30. The van der Waals surface area contributed by atoms with Crippen LogP contribution in [0.3, 0.4) is 0 Å². The summed E-state index contributed by atoms with van der Waals surface area (Å²) in [5, 5.41) is 2.98. The summed E-state index contributed by atoms with van der Waals surface area (Å²) in [5.74, 6) is -0.547. The van der Waals surface area contributed by atoms with Gasteiger partial charge in [-0.25, -0.2) is 0 Å². The zero-order chi connectivity index (χ0) is 17.8. The maximum Gasteiger partial charge on any atom is 0.311 e. The van der Waals surface area contributed by atoms with Crippen LogP contribution in [0.1, 0.15) is 64.7 Å². The Balaban J connectivity index is 1.41. The van der Waals surface area contributed by atoms with Crippen LogP contribution in [0.4, 0.5) is 0 Å². The van der Waals surface area contributed by atoms with Gasteiger partial charge in [0, 0.05) is 25.0 Å². The van der Waals surface area contributed by atoms with Gasteiger partial charge < -0.3 is 15.0 Å². The van der Waals surface area contributed by atoms with Crippen molar-refractivity contribution >= 4 is 17.8 Å². The molecule has 2 saturated carbocycles. The number of esters is 1. The van der Waals surface area contributed by atoms with Crippen LogP contribution in [-0.2, 0) is 19.1 Å². The van der Waals surface area contributed by atoms with Gasteiger partial charge in [-0.1, -0.05) is 32.6 Å². The molecule has 0 radical (unpaired) electrons. The fraction of sp³-hybridized carbons (Fsp3) is 0.842. The Bertz CT molecular complexity index is 516. The summed E-state index contributed by atoms with van der Waals surface area (Å²) >= 11 is 0. The van der Waals surface area contributed by atoms with E-state index >= 15 is 0 Å². The minimum atomic E-state index is -0.422. The van der Waals surface area contributed by atoms with Gasteiger partial charge in [0.2, 0.25) is 5.91 Å². The van der Waals surface area contributed by atoms with E-state index in [4.69, 9.17) is 4.74 Å². The van der Waals surface area contributed by atoms with E-state index < -0.39 is 11.9 Å². The summed E-state index contributed by atoms with van der Waals surface area (Å²) < 4.78 is 5.19. The molecule has 2 aliphatic carbocycles. The smallest absolute Gasteiger partial charge is 0.311 e. The Morgan fingerprint density at radius 3 is 2.52 bits per heavy atom. The van der Waals surface area contributed by atoms with E-state index in [1.54, 1.807) is 0 Å². The summed E-state index contributed by atoms with van der Waals surface area (Å²) in [4.78, 5) is 38.3. The number of hydrogen-bond donors (Lipinski definition) is 1. The molecule has 1 heterocycles. The van der Waals surface area contributed by atoms with E-state index in [1.807, 2.05) is 4.90 Å². The van der Waals surface area contributed by atoms with Gasteiger partial charge in [-0.3, -0.25) is 14.4 Å². The van der Waals surface area contributed by atoms with Gasteiger partial charge in [-0.05, 0) is 31.6 Å². The lowest BCUT2D eigenvalue weighted by atomic mass is 9.86. The number of carbonyl (C=O) groups is 3. The van der Waals surface area contributed by atoms with Crippen LogP contribution in [0.2, 0.25) is 0 Å². The first-order chi connectivity index (χ1) is 12.0. The van der Waals surface area contributed by atoms with Crippen LogP contribution in [0.15, 0.2) is 0 Å². The van der Waals surface area contributed by atoms with Gasteiger partial charge in [-0.15, -0.1) is 0 Å². The third kappa shape index (κ3) is 4.53. The number of nitrogens with zero attached hydrogens (tertiary/aromatic N) is 1. The fourth-order valence-corrected chi connectivity index (χ4v) is 4.49. The van der Waals surface area contributed by atoms with Crippen molar-refractivity contribution in [1.29, 1.82) is 0 Å². The molecule has 3 atom stereocenters. The Labute approximate surface area is 149 Å². The first kappa shape index (κ1) is 18.2. The fourth-order valence-electron chi connectivity index (χ4n) is 4.49. The molecule has 3 aliphatic rings. The normalized spacial score (nSPS) is 30.5. The van der Waals surface area contributed by atoms with E-state index in [0.29, 0.717) is 18.5 Å². The Hall–Kier alpha value is -1.59. The lowest BCUT2D eigenvalue weighted by Gasteiger charge is -2.29. The second-order valence-corrected chi connectivity index (χ2v) is 7.93. The molecule has 1 aliphatic heterocycles. The molecule has 0 aromatic heterocycles. The zero-order valence-corrected chi connectivity index (χ0v) is 15.2. The lowest BCUT2D eigenvalue weighted by molar-refractivity contribution is -0.152. The summed E-state index contributed by atoms with van der Waals surface area (Å²) in [6, 6.07) is 0.479. The monoisotopic (exact) mass is 350 g/mol. The molecule has 6 heteroatoms. The molecule has 2 amide bonds. The van der Waals surface area contributed by atoms with Crippen LogP contribution in [0, 0.1) is 11.8 Å². The van der Waals surface area contributed by atoms with Crippen LogP contribution in [0.5, 0.6) is 0 Å². The SMILES string of the molecule is C[C@@H]1CCCC[C@@H]1NC(=O)COC(=O)[C@@H]1CC(=O)N(C2CCCC2)C1. The number of carbonyl (C=O) groups excluding carboxylic acids is 3. The maximum absolute atomic E-state index is 12.2. The van der Waals surface area contributed by atoms with E-state index in [2.05, 4.69) is 12.2 Å². The van der Waals surface area contributed by atoms with Crippen molar-refractivity contribution < 1.29 is 19.1 Å². The van der Waals surface area contributed by atoms with E-state index in [9.17, 15) is 14.4 Å². The highest BCUT2D eigenvalue weighted by atomic mass is 16.5. The van der Waals surface area contributed by atoms with Crippen molar-refractivity contribution in [3.8, 4) is 0 Å². The average Bonchev–Trinajstić information content (AvgIpc) is 3.24. The predicted octanol–water partition coefficient (Wildman–Crippen LogP) is 2.02. The van der Waals surface area contributed by atoms with E-state index in [-0.39, 0.29) is 30.9 Å². The van der Waals surface area contributed by atoms with Gasteiger partial charge in [0.15, 0.2) is 6.61 Å². The summed E-state index contributed by atoms with van der Waals surface area (Å²) in [7, 11) is 0. The number of nitrogens with one attached hydrogen (secondary N) is 1. The molecule has 0 spiro atoms. The molecule has 25 heavy (non-hydrogen) atoms. The molecule has 0 aromatic carbocycles. The molecular formula is C19H30N2O4. The molecule has 6 nitrogen and oxygen atoms in total. The van der Waals surface area contributed by atoms with E-state index in [0.717, 1.165) is 44.9 Å². The predicted molar refractivity (Wildman–Crippen MR) is 92.6 cm³/mol. The first-order valence-corrected chi connectivity index (χ1v) is 9.80. The molecule has 0 bridgehead atoms. The van der Waals surface area contributed by atoms with Crippen LogP contribution in [-0.4, -0.2) is 47.9 Å². The van der Waals surface area contributed by atoms with Crippen molar-refractivity contribution in [2.75, 3.05) is 13.2 Å². The summed E-state index contributed by atoms with van der Waals surface area (Å²) in [5.41, 5.74) is 0. The molecule has 3 rings (SSSR count). The van der Waals surface area contributed by atoms with Crippen molar-refractivity contribution in [3.05, 3.63) is 0 Å². The van der Waals surface area contributed by atoms with Crippen molar-refractivity contribution in [3.63, 3.8) is 0 Å². The minimum Gasteiger partial charge on any atom is -0.455 e. The number of rotatable bonds is 5. The van der Waals surface area contributed by atoms with Crippen molar-refractivity contribution in [1.82, 2.24) is 10.2 Å². The lowest BCUT2D eigenvalue weighted by Crippen LogP contribution is -2.43. The summed E-state index contributed by atoms with van der Waals surface area (Å²) in [6.07, 6.45) is 9.08. The Kier molecular flexibility index (Phi) is 5.97. The molecule has 0 unspecified atom stereocenters. The number of amides is 2. The van der Waals surface area contributed by atoms with Gasteiger partial charge in [0.25, 0.3) is 5.91 Å². The van der Waals surface area contributed by atoms with Crippen molar-refractivity contribution in [2.45, 2.75) is 76.8 Å². The van der Waals surface area contributed by atoms with Gasteiger partial charge >= 0.3 is 5.97 Å². The van der Waals surface area contributed by atoms with Crippen LogP contribution < -0.4 is 5.32 Å². The molecular weight excluding hydrogens is 320 g/mol. The zero-order valence-electron chi connectivity index (χ0n) is 15.2.